The van der Waals surface area contributed by atoms with Gasteiger partial charge in [0.15, 0.2) is 0 Å². The molecule has 1 aromatic rings. The molecule has 110 valence electrons. The van der Waals surface area contributed by atoms with Crippen LogP contribution >= 0.6 is 0 Å². The number of hydrogen-bond acceptors (Lipinski definition) is 2. The lowest BCUT2D eigenvalue weighted by atomic mass is 10.2. The Labute approximate surface area is 122 Å². The van der Waals surface area contributed by atoms with E-state index in [1.807, 2.05) is 29.7 Å². The summed E-state index contributed by atoms with van der Waals surface area (Å²) in [5.74, 6) is 0. The molecule has 1 aliphatic rings. The van der Waals surface area contributed by atoms with E-state index in [0.717, 1.165) is 45.8 Å². The fourth-order valence-corrected chi connectivity index (χ4v) is 2.63. The largest absolute Gasteiger partial charge is 0.325 e. The Hall–Kier alpha value is -1.55. The van der Waals surface area contributed by atoms with Crippen LogP contribution in [-0.2, 0) is 6.54 Å². The van der Waals surface area contributed by atoms with Gasteiger partial charge in [0.2, 0.25) is 0 Å². The minimum absolute atomic E-state index is 0.189. The van der Waals surface area contributed by atoms with E-state index in [1.165, 1.54) is 5.56 Å². The van der Waals surface area contributed by atoms with Gasteiger partial charge >= 0.3 is 6.03 Å². The van der Waals surface area contributed by atoms with Gasteiger partial charge in [-0.25, -0.2) is 4.79 Å². The summed E-state index contributed by atoms with van der Waals surface area (Å²) < 4.78 is 0. The van der Waals surface area contributed by atoms with Crippen LogP contribution in [0.5, 0.6) is 0 Å². The molecule has 0 unspecified atom stereocenters. The van der Waals surface area contributed by atoms with E-state index >= 15 is 0 Å². The van der Waals surface area contributed by atoms with Gasteiger partial charge < -0.3 is 9.80 Å². The molecule has 2 rings (SSSR count). The molecule has 1 aliphatic heterocycles. The van der Waals surface area contributed by atoms with E-state index in [-0.39, 0.29) is 6.03 Å². The highest BCUT2D eigenvalue weighted by atomic mass is 16.2. The SMILES string of the molecule is CCN(CC)C(=O)N1CCN(Cc2ccccc2)CC1. The first kappa shape index (κ1) is 14.9. The van der Waals surface area contributed by atoms with Gasteiger partial charge in [-0.2, -0.15) is 0 Å². The quantitative estimate of drug-likeness (QED) is 0.843. The molecule has 0 bridgehead atoms. The monoisotopic (exact) mass is 275 g/mol. The predicted octanol–water partition coefficient (Wildman–Crippen LogP) is 2.27. The van der Waals surface area contributed by atoms with Crippen molar-refractivity contribution >= 4 is 6.03 Å². The Balaban J connectivity index is 1.82. The van der Waals surface area contributed by atoms with Gasteiger partial charge in [0.05, 0.1) is 0 Å². The van der Waals surface area contributed by atoms with Gasteiger partial charge in [-0.1, -0.05) is 30.3 Å². The van der Waals surface area contributed by atoms with Crippen molar-refractivity contribution in [3.05, 3.63) is 35.9 Å². The molecule has 4 heteroatoms. The lowest BCUT2D eigenvalue weighted by Gasteiger charge is -2.37. The Kier molecular flexibility index (Phi) is 5.41. The molecular weight excluding hydrogens is 250 g/mol. The van der Waals surface area contributed by atoms with Gasteiger partial charge in [-0.05, 0) is 19.4 Å². The molecule has 2 amide bonds. The van der Waals surface area contributed by atoms with Crippen LogP contribution in [-0.4, -0.2) is 60.0 Å². The van der Waals surface area contributed by atoms with E-state index < -0.39 is 0 Å². The molecule has 1 heterocycles. The number of carbonyl (C=O) groups excluding carboxylic acids is 1. The predicted molar refractivity (Wildman–Crippen MR) is 81.6 cm³/mol. The van der Waals surface area contributed by atoms with Crippen LogP contribution in [0.3, 0.4) is 0 Å². The maximum absolute atomic E-state index is 12.3. The van der Waals surface area contributed by atoms with E-state index in [9.17, 15) is 4.79 Å². The third kappa shape index (κ3) is 3.73. The normalized spacial score (nSPS) is 16.2. The summed E-state index contributed by atoms with van der Waals surface area (Å²) in [6, 6.07) is 10.7. The lowest BCUT2D eigenvalue weighted by Crippen LogP contribution is -2.52. The van der Waals surface area contributed by atoms with Crippen LogP contribution in [0, 0.1) is 0 Å². The zero-order chi connectivity index (χ0) is 14.4. The number of carbonyl (C=O) groups is 1. The summed E-state index contributed by atoms with van der Waals surface area (Å²) in [6.45, 7) is 10.2. The molecule has 1 aromatic carbocycles. The van der Waals surface area contributed by atoms with Crippen molar-refractivity contribution < 1.29 is 4.79 Å². The molecule has 0 atom stereocenters. The second kappa shape index (κ2) is 7.29. The highest BCUT2D eigenvalue weighted by Gasteiger charge is 2.23. The molecule has 0 aromatic heterocycles. The summed E-state index contributed by atoms with van der Waals surface area (Å²) in [5.41, 5.74) is 1.34. The fourth-order valence-electron chi connectivity index (χ4n) is 2.63. The average Bonchev–Trinajstić information content (AvgIpc) is 2.50. The first-order valence-electron chi connectivity index (χ1n) is 7.54. The zero-order valence-electron chi connectivity index (χ0n) is 12.6. The van der Waals surface area contributed by atoms with Crippen molar-refractivity contribution in [2.75, 3.05) is 39.3 Å². The molecular formula is C16H25N3O. The lowest BCUT2D eigenvalue weighted by molar-refractivity contribution is 0.112. The van der Waals surface area contributed by atoms with E-state index in [1.54, 1.807) is 0 Å². The van der Waals surface area contributed by atoms with Crippen LogP contribution in [0.15, 0.2) is 30.3 Å². The van der Waals surface area contributed by atoms with Crippen molar-refractivity contribution in [1.29, 1.82) is 0 Å². The number of amides is 2. The molecule has 0 spiro atoms. The smallest absolute Gasteiger partial charge is 0.320 e. The third-order valence-corrected chi connectivity index (χ3v) is 3.93. The van der Waals surface area contributed by atoms with Crippen molar-refractivity contribution in [1.82, 2.24) is 14.7 Å². The average molecular weight is 275 g/mol. The number of piperazine rings is 1. The number of benzene rings is 1. The van der Waals surface area contributed by atoms with Crippen molar-refractivity contribution in [3.8, 4) is 0 Å². The summed E-state index contributed by atoms with van der Waals surface area (Å²) in [4.78, 5) is 18.6. The summed E-state index contributed by atoms with van der Waals surface area (Å²) in [5, 5.41) is 0. The summed E-state index contributed by atoms with van der Waals surface area (Å²) in [6.07, 6.45) is 0. The minimum atomic E-state index is 0.189. The van der Waals surface area contributed by atoms with Gasteiger partial charge in [-0.3, -0.25) is 4.90 Å². The highest BCUT2D eigenvalue weighted by molar-refractivity contribution is 5.74. The van der Waals surface area contributed by atoms with Gasteiger partial charge in [0.1, 0.15) is 0 Å². The third-order valence-electron chi connectivity index (χ3n) is 3.93. The van der Waals surface area contributed by atoms with Crippen LogP contribution in [0.25, 0.3) is 0 Å². The van der Waals surface area contributed by atoms with Gasteiger partial charge in [-0.15, -0.1) is 0 Å². The molecule has 20 heavy (non-hydrogen) atoms. The van der Waals surface area contributed by atoms with Crippen molar-refractivity contribution in [2.45, 2.75) is 20.4 Å². The van der Waals surface area contributed by atoms with E-state index in [2.05, 4.69) is 29.2 Å². The van der Waals surface area contributed by atoms with Crippen LogP contribution in [0.4, 0.5) is 4.79 Å². The number of hydrogen-bond donors (Lipinski definition) is 0. The van der Waals surface area contributed by atoms with E-state index in [0.29, 0.717) is 0 Å². The van der Waals surface area contributed by atoms with Crippen LogP contribution < -0.4 is 0 Å². The summed E-state index contributed by atoms with van der Waals surface area (Å²) >= 11 is 0. The van der Waals surface area contributed by atoms with E-state index in [4.69, 9.17) is 0 Å². The van der Waals surface area contributed by atoms with Crippen LogP contribution in [0.2, 0.25) is 0 Å². The van der Waals surface area contributed by atoms with Crippen molar-refractivity contribution in [3.63, 3.8) is 0 Å². The molecule has 0 N–H and O–H groups in total. The maximum Gasteiger partial charge on any atom is 0.320 e. The number of urea groups is 1. The summed E-state index contributed by atoms with van der Waals surface area (Å²) in [7, 11) is 0. The van der Waals surface area contributed by atoms with Crippen LogP contribution in [0.1, 0.15) is 19.4 Å². The fraction of sp³-hybridized carbons (Fsp3) is 0.562. The highest BCUT2D eigenvalue weighted by Crippen LogP contribution is 2.10. The second-order valence-corrected chi connectivity index (χ2v) is 5.20. The Morgan fingerprint density at radius 1 is 1.05 bits per heavy atom. The molecule has 0 radical (unpaired) electrons. The molecule has 4 nitrogen and oxygen atoms in total. The maximum atomic E-state index is 12.3. The standard InChI is InChI=1S/C16H25N3O/c1-3-18(4-2)16(20)19-12-10-17(11-13-19)14-15-8-6-5-7-9-15/h5-9H,3-4,10-14H2,1-2H3. The van der Waals surface area contributed by atoms with Crippen molar-refractivity contribution in [2.24, 2.45) is 0 Å². The molecule has 0 aliphatic carbocycles. The number of rotatable bonds is 4. The molecule has 0 saturated carbocycles. The van der Waals surface area contributed by atoms with Gasteiger partial charge in [0, 0.05) is 45.8 Å². The van der Waals surface area contributed by atoms with Gasteiger partial charge in [0.25, 0.3) is 0 Å². The second-order valence-electron chi connectivity index (χ2n) is 5.20. The number of nitrogens with zero attached hydrogens (tertiary/aromatic N) is 3. The first-order valence-corrected chi connectivity index (χ1v) is 7.54. The molecule has 1 saturated heterocycles. The minimum Gasteiger partial charge on any atom is -0.325 e. The Morgan fingerprint density at radius 2 is 1.65 bits per heavy atom. The Morgan fingerprint density at radius 3 is 2.20 bits per heavy atom. The Bertz CT molecular complexity index is 409. The molecule has 1 fully saturated rings. The first-order chi connectivity index (χ1) is 9.74. The topological polar surface area (TPSA) is 26.8 Å². The zero-order valence-corrected chi connectivity index (χ0v) is 12.6.